The summed E-state index contributed by atoms with van der Waals surface area (Å²) in [5.74, 6) is 0.878. The van der Waals surface area contributed by atoms with E-state index in [0.717, 1.165) is 5.92 Å². The minimum absolute atomic E-state index is 0.250. The number of carboxylic acid groups (broad SMARTS) is 1. The van der Waals surface area contributed by atoms with E-state index in [4.69, 9.17) is 9.90 Å². The molecule has 2 nitrogen and oxygen atoms in total. The maximum absolute atomic E-state index is 8.36. The Morgan fingerprint density at radius 2 is 1.85 bits per heavy atom. The molecule has 0 aromatic rings. The van der Waals surface area contributed by atoms with Crippen LogP contribution in [0.25, 0.3) is 0 Å². The molecule has 0 aliphatic carbocycles. The van der Waals surface area contributed by atoms with Crippen LogP contribution in [0.4, 0.5) is 0 Å². The van der Waals surface area contributed by atoms with E-state index < -0.39 is 0 Å². The summed E-state index contributed by atoms with van der Waals surface area (Å²) < 4.78 is 0. The third kappa shape index (κ3) is 24.7. The zero-order valence-corrected chi connectivity index (χ0v) is 8.83. The highest BCUT2D eigenvalue weighted by molar-refractivity contribution is 5.32. The van der Waals surface area contributed by atoms with Crippen LogP contribution in [0, 0.1) is 5.92 Å². The molecule has 0 bridgehead atoms. The smallest absolute Gasteiger partial charge is 0.290 e. The minimum atomic E-state index is -0.250. The lowest BCUT2D eigenvalue weighted by Gasteiger charge is -2.02. The molecule has 0 unspecified atom stereocenters. The number of hydrogen-bond acceptors (Lipinski definition) is 1. The summed E-state index contributed by atoms with van der Waals surface area (Å²) in [6.45, 7) is 8.01. The standard InChI is InChI=1S/C10H20.CH2O2/c1-4-5-6-7-8-9-10(2)3;2-1-3/h4,10H,1,5-9H2,2-3H3;1H,(H,2,3). The van der Waals surface area contributed by atoms with Gasteiger partial charge in [-0.3, -0.25) is 4.79 Å². The van der Waals surface area contributed by atoms with Crippen LogP contribution < -0.4 is 0 Å². The summed E-state index contributed by atoms with van der Waals surface area (Å²) in [6, 6.07) is 0. The second-order valence-electron chi connectivity index (χ2n) is 3.43. The molecule has 1 N–H and O–H groups in total. The summed E-state index contributed by atoms with van der Waals surface area (Å²) in [5.41, 5.74) is 0. The molecule has 0 aromatic carbocycles. The first-order valence-corrected chi connectivity index (χ1v) is 4.87. The van der Waals surface area contributed by atoms with Crippen molar-refractivity contribution in [1.29, 1.82) is 0 Å². The fourth-order valence-corrected chi connectivity index (χ4v) is 1.02. The van der Waals surface area contributed by atoms with E-state index >= 15 is 0 Å². The lowest BCUT2D eigenvalue weighted by Crippen LogP contribution is -1.86. The highest BCUT2D eigenvalue weighted by Gasteiger charge is 1.92. The van der Waals surface area contributed by atoms with Crippen LogP contribution >= 0.6 is 0 Å². The van der Waals surface area contributed by atoms with Crippen LogP contribution in [0.2, 0.25) is 0 Å². The Morgan fingerprint density at radius 1 is 1.31 bits per heavy atom. The molecule has 78 valence electrons. The molecule has 0 heterocycles. The van der Waals surface area contributed by atoms with Crippen molar-refractivity contribution < 1.29 is 9.90 Å². The van der Waals surface area contributed by atoms with Crippen LogP contribution in [-0.4, -0.2) is 11.6 Å². The summed E-state index contributed by atoms with van der Waals surface area (Å²) in [4.78, 5) is 8.36. The highest BCUT2D eigenvalue weighted by atomic mass is 16.3. The monoisotopic (exact) mass is 186 g/mol. The molecule has 0 rings (SSSR count). The van der Waals surface area contributed by atoms with Gasteiger partial charge < -0.3 is 5.11 Å². The van der Waals surface area contributed by atoms with Gasteiger partial charge in [-0.15, -0.1) is 6.58 Å². The van der Waals surface area contributed by atoms with Gasteiger partial charge in [0.1, 0.15) is 0 Å². The average molecular weight is 186 g/mol. The van der Waals surface area contributed by atoms with Crippen molar-refractivity contribution in [3.63, 3.8) is 0 Å². The predicted octanol–water partition coefficient (Wildman–Crippen LogP) is 3.48. The number of carbonyl (C=O) groups is 1. The van der Waals surface area contributed by atoms with Crippen molar-refractivity contribution in [2.45, 2.75) is 46.0 Å². The van der Waals surface area contributed by atoms with E-state index in [1.54, 1.807) is 0 Å². The highest BCUT2D eigenvalue weighted by Crippen LogP contribution is 2.09. The van der Waals surface area contributed by atoms with E-state index in [9.17, 15) is 0 Å². The number of allylic oxidation sites excluding steroid dienone is 1. The third-order valence-corrected chi connectivity index (χ3v) is 1.69. The molecule has 0 amide bonds. The molecular formula is C11H22O2. The van der Waals surface area contributed by atoms with Crippen molar-refractivity contribution in [1.82, 2.24) is 0 Å². The molecule has 0 saturated carbocycles. The van der Waals surface area contributed by atoms with Crippen molar-refractivity contribution in [2.24, 2.45) is 5.92 Å². The van der Waals surface area contributed by atoms with Crippen LogP contribution in [0.3, 0.4) is 0 Å². The van der Waals surface area contributed by atoms with Crippen molar-refractivity contribution in [3.8, 4) is 0 Å². The normalized spacial score (nSPS) is 8.85. The molecule has 0 aliphatic rings. The second kappa shape index (κ2) is 13.8. The van der Waals surface area contributed by atoms with E-state index in [-0.39, 0.29) is 6.47 Å². The van der Waals surface area contributed by atoms with Gasteiger partial charge in [0.05, 0.1) is 0 Å². The van der Waals surface area contributed by atoms with Gasteiger partial charge in [0, 0.05) is 0 Å². The van der Waals surface area contributed by atoms with Crippen LogP contribution in [0.5, 0.6) is 0 Å². The van der Waals surface area contributed by atoms with E-state index in [0.29, 0.717) is 0 Å². The Balaban J connectivity index is 0. The minimum Gasteiger partial charge on any atom is -0.483 e. The zero-order valence-electron chi connectivity index (χ0n) is 8.83. The fraction of sp³-hybridized carbons (Fsp3) is 0.727. The summed E-state index contributed by atoms with van der Waals surface area (Å²) in [5, 5.41) is 6.89. The van der Waals surface area contributed by atoms with Crippen LogP contribution in [0.1, 0.15) is 46.0 Å². The van der Waals surface area contributed by atoms with E-state index in [1.807, 2.05) is 6.08 Å². The van der Waals surface area contributed by atoms with E-state index in [2.05, 4.69) is 20.4 Å². The van der Waals surface area contributed by atoms with Crippen molar-refractivity contribution in [2.75, 3.05) is 0 Å². The second-order valence-corrected chi connectivity index (χ2v) is 3.43. The Bertz CT molecular complexity index is 109. The Kier molecular flexibility index (Phi) is 15.6. The molecular weight excluding hydrogens is 164 g/mol. The van der Waals surface area contributed by atoms with Gasteiger partial charge >= 0.3 is 0 Å². The molecule has 0 spiro atoms. The molecule has 0 radical (unpaired) electrons. The lowest BCUT2D eigenvalue weighted by atomic mass is 10.0. The lowest BCUT2D eigenvalue weighted by molar-refractivity contribution is -0.122. The quantitative estimate of drug-likeness (QED) is 0.392. The number of unbranched alkanes of at least 4 members (excludes halogenated alkanes) is 3. The predicted molar refractivity (Wildman–Crippen MR) is 56.8 cm³/mol. The first kappa shape index (κ1) is 14.7. The van der Waals surface area contributed by atoms with Crippen LogP contribution in [-0.2, 0) is 4.79 Å². The van der Waals surface area contributed by atoms with Gasteiger partial charge in [0.2, 0.25) is 0 Å². The van der Waals surface area contributed by atoms with Gasteiger partial charge in [-0.1, -0.05) is 39.2 Å². The molecule has 2 heteroatoms. The molecule has 0 aromatic heterocycles. The van der Waals surface area contributed by atoms with Gasteiger partial charge in [-0.2, -0.15) is 0 Å². The topological polar surface area (TPSA) is 37.3 Å². The summed E-state index contributed by atoms with van der Waals surface area (Å²) in [6.07, 6.45) is 8.69. The molecule has 0 aliphatic heterocycles. The SMILES string of the molecule is C=CCCCCCC(C)C.O=CO. The maximum Gasteiger partial charge on any atom is 0.290 e. The molecule has 0 fully saturated rings. The van der Waals surface area contributed by atoms with Crippen molar-refractivity contribution in [3.05, 3.63) is 12.7 Å². The molecule has 0 atom stereocenters. The van der Waals surface area contributed by atoms with Crippen molar-refractivity contribution >= 4 is 6.47 Å². The first-order chi connectivity index (χ1) is 6.18. The Morgan fingerprint density at radius 3 is 2.23 bits per heavy atom. The van der Waals surface area contributed by atoms with Gasteiger partial charge in [-0.05, 0) is 18.8 Å². The number of hydrogen-bond donors (Lipinski definition) is 1. The maximum atomic E-state index is 8.36. The largest absolute Gasteiger partial charge is 0.483 e. The summed E-state index contributed by atoms with van der Waals surface area (Å²) >= 11 is 0. The van der Waals surface area contributed by atoms with Crippen LogP contribution in [0.15, 0.2) is 12.7 Å². The average Bonchev–Trinajstić information content (AvgIpc) is 2.05. The Labute approximate surface area is 81.7 Å². The first-order valence-electron chi connectivity index (χ1n) is 4.87. The third-order valence-electron chi connectivity index (χ3n) is 1.69. The van der Waals surface area contributed by atoms with Gasteiger partial charge in [0.25, 0.3) is 6.47 Å². The molecule has 13 heavy (non-hydrogen) atoms. The van der Waals surface area contributed by atoms with Gasteiger partial charge in [0.15, 0.2) is 0 Å². The zero-order chi connectivity index (χ0) is 10.5. The molecule has 0 saturated heterocycles. The summed E-state index contributed by atoms with van der Waals surface area (Å²) in [7, 11) is 0. The fourth-order valence-electron chi connectivity index (χ4n) is 1.02. The van der Waals surface area contributed by atoms with Gasteiger partial charge in [-0.25, -0.2) is 0 Å². The Hall–Kier alpha value is -0.790. The number of rotatable bonds is 6. The van der Waals surface area contributed by atoms with E-state index in [1.165, 1.54) is 32.1 Å².